The number of nitrogens with zero attached hydrogens (tertiary/aromatic N) is 1. The molecule has 1 fully saturated rings. The fraction of sp³-hybridized carbons (Fsp3) is 0.296. The van der Waals surface area contributed by atoms with Gasteiger partial charge >= 0.3 is 0 Å². The zero-order chi connectivity index (χ0) is 22.2. The van der Waals surface area contributed by atoms with Crippen LogP contribution in [0.2, 0.25) is 0 Å². The Labute approximate surface area is 189 Å². The summed E-state index contributed by atoms with van der Waals surface area (Å²) in [6, 6.07) is 27.1. The Balaban J connectivity index is 1.38. The maximum absolute atomic E-state index is 13.0. The predicted octanol–water partition coefficient (Wildman–Crippen LogP) is 4.02. The summed E-state index contributed by atoms with van der Waals surface area (Å²) < 4.78 is 5.86. The molecule has 0 bridgehead atoms. The number of benzene rings is 3. The molecule has 0 unspecified atom stereocenters. The maximum Gasteiger partial charge on any atom is 0.251 e. The summed E-state index contributed by atoms with van der Waals surface area (Å²) in [7, 11) is 0. The van der Waals surface area contributed by atoms with Crippen molar-refractivity contribution in [1.82, 2.24) is 10.2 Å². The number of hydrogen-bond acceptors (Lipinski definition) is 4. The molecule has 1 heterocycles. The first-order chi connectivity index (χ1) is 15.7. The Morgan fingerprint density at radius 1 is 0.969 bits per heavy atom. The minimum absolute atomic E-state index is 0.194. The van der Waals surface area contributed by atoms with Gasteiger partial charge in [0.1, 0.15) is 12.4 Å². The van der Waals surface area contributed by atoms with Crippen molar-refractivity contribution in [2.75, 3.05) is 13.1 Å². The van der Waals surface area contributed by atoms with Crippen LogP contribution in [0.4, 0.5) is 0 Å². The highest BCUT2D eigenvalue weighted by atomic mass is 16.5. The molecule has 1 amide bonds. The van der Waals surface area contributed by atoms with Gasteiger partial charge in [-0.2, -0.15) is 0 Å². The van der Waals surface area contributed by atoms with Gasteiger partial charge in [0, 0.05) is 18.7 Å². The quantitative estimate of drug-likeness (QED) is 0.594. The van der Waals surface area contributed by atoms with Gasteiger partial charge in [-0.3, -0.25) is 9.69 Å². The maximum atomic E-state index is 13.0. The second-order valence-electron chi connectivity index (χ2n) is 8.31. The van der Waals surface area contributed by atoms with Gasteiger partial charge in [-0.15, -0.1) is 0 Å². The Hall–Kier alpha value is -3.15. The van der Waals surface area contributed by atoms with Crippen LogP contribution in [-0.4, -0.2) is 41.1 Å². The molecule has 2 N–H and O–H groups in total. The SMILES string of the molecule is O=C(N[C@@H]1CN(Cc2ccccc2)CCC[C@H]1O)c1cccc(OCc2ccccc2)c1. The van der Waals surface area contributed by atoms with E-state index in [4.69, 9.17) is 4.74 Å². The molecule has 0 spiro atoms. The Morgan fingerprint density at radius 3 is 2.44 bits per heavy atom. The summed E-state index contributed by atoms with van der Waals surface area (Å²) >= 11 is 0. The van der Waals surface area contributed by atoms with Crippen LogP contribution in [0.3, 0.4) is 0 Å². The predicted molar refractivity (Wildman–Crippen MR) is 125 cm³/mol. The lowest BCUT2D eigenvalue weighted by molar-refractivity contribution is 0.0797. The average molecular weight is 431 g/mol. The standard InChI is InChI=1S/C27H30N2O3/c30-26-15-8-16-29(18-21-9-3-1-4-10-21)19-25(26)28-27(31)23-13-7-14-24(17-23)32-20-22-11-5-2-6-12-22/h1-7,9-14,17,25-26,30H,8,15-16,18-20H2,(H,28,31)/t25-,26-/m1/s1. The number of likely N-dealkylation sites (tertiary alicyclic amines) is 1. The molecule has 166 valence electrons. The largest absolute Gasteiger partial charge is 0.489 e. The van der Waals surface area contributed by atoms with Crippen molar-refractivity contribution in [3.05, 3.63) is 102 Å². The molecule has 2 atom stereocenters. The molecular weight excluding hydrogens is 400 g/mol. The van der Waals surface area contributed by atoms with Gasteiger partial charge in [0.25, 0.3) is 5.91 Å². The van der Waals surface area contributed by atoms with Crippen LogP contribution in [-0.2, 0) is 13.2 Å². The number of ether oxygens (including phenoxy) is 1. The fourth-order valence-electron chi connectivity index (χ4n) is 4.06. The number of aliphatic hydroxyl groups excluding tert-OH is 1. The van der Waals surface area contributed by atoms with Crippen LogP contribution in [0.15, 0.2) is 84.9 Å². The molecule has 5 nitrogen and oxygen atoms in total. The molecule has 3 aromatic carbocycles. The first kappa shape index (κ1) is 22.1. The van der Waals surface area contributed by atoms with Crippen molar-refractivity contribution < 1.29 is 14.6 Å². The van der Waals surface area contributed by atoms with Crippen molar-refractivity contribution in [3.63, 3.8) is 0 Å². The first-order valence-electron chi connectivity index (χ1n) is 11.2. The van der Waals surface area contributed by atoms with Crippen LogP contribution in [0.5, 0.6) is 5.75 Å². The smallest absolute Gasteiger partial charge is 0.251 e. The molecule has 3 aromatic rings. The van der Waals surface area contributed by atoms with Crippen molar-refractivity contribution in [3.8, 4) is 5.75 Å². The highest BCUT2D eigenvalue weighted by molar-refractivity contribution is 5.94. The Morgan fingerprint density at radius 2 is 1.69 bits per heavy atom. The van der Waals surface area contributed by atoms with Crippen LogP contribution in [0.1, 0.15) is 34.3 Å². The highest BCUT2D eigenvalue weighted by Crippen LogP contribution is 2.18. The Bertz CT molecular complexity index is 994. The number of aliphatic hydroxyl groups is 1. The topological polar surface area (TPSA) is 61.8 Å². The molecule has 0 aromatic heterocycles. The molecule has 5 heteroatoms. The lowest BCUT2D eigenvalue weighted by atomic mass is 10.1. The van der Waals surface area contributed by atoms with E-state index in [0.717, 1.165) is 25.1 Å². The summed E-state index contributed by atoms with van der Waals surface area (Å²) in [4.78, 5) is 15.3. The molecular formula is C27H30N2O3. The number of nitrogens with one attached hydrogen (secondary N) is 1. The van der Waals surface area contributed by atoms with Gasteiger partial charge in [-0.25, -0.2) is 0 Å². The third kappa shape index (κ3) is 6.19. The monoisotopic (exact) mass is 430 g/mol. The van der Waals surface area contributed by atoms with Gasteiger partial charge < -0.3 is 15.2 Å². The summed E-state index contributed by atoms with van der Waals surface area (Å²) in [5.41, 5.74) is 2.83. The number of amides is 1. The number of carbonyl (C=O) groups is 1. The number of carbonyl (C=O) groups excluding carboxylic acids is 1. The molecule has 1 aliphatic heterocycles. The van der Waals surface area contributed by atoms with E-state index in [1.54, 1.807) is 12.1 Å². The van der Waals surface area contributed by atoms with Crippen LogP contribution in [0.25, 0.3) is 0 Å². The van der Waals surface area contributed by atoms with E-state index in [1.807, 2.05) is 60.7 Å². The minimum Gasteiger partial charge on any atom is -0.489 e. The zero-order valence-corrected chi connectivity index (χ0v) is 18.2. The third-order valence-corrected chi connectivity index (χ3v) is 5.80. The lowest BCUT2D eigenvalue weighted by Gasteiger charge is -2.27. The van der Waals surface area contributed by atoms with Gasteiger partial charge in [0.15, 0.2) is 0 Å². The lowest BCUT2D eigenvalue weighted by Crippen LogP contribution is -2.48. The van der Waals surface area contributed by atoms with E-state index in [2.05, 4.69) is 22.3 Å². The number of hydrogen-bond donors (Lipinski definition) is 2. The minimum atomic E-state index is -0.558. The van der Waals surface area contributed by atoms with Crippen LogP contribution < -0.4 is 10.1 Å². The van der Waals surface area contributed by atoms with Crippen molar-refractivity contribution >= 4 is 5.91 Å². The van der Waals surface area contributed by atoms with E-state index in [9.17, 15) is 9.90 Å². The molecule has 1 aliphatic rings. The first-order valence-corrected chi connectivity index (χ1v) is 11.2. The van der Waals surface area contributed by atoms with E-state index in [1.165, 1.54) is 5.56 Å². The van der Waals surface area contributed by atoms with Crippen LogP contribution in [0, 0.1) is 0 Å². The normalized spacial score (nSPS) is 19.2. The van der Waals surface area contributed by atoms with E-state index >= 15 is 0 Å². The van der Waals surface area contributed by atoms with Crippen molar-refractivity contribution in [1.29, 1.82) is 0 Å². The Kier molecular flexibility index (Phi) is 7.54. The summed E-state index contributed by atoms with van der Waals surface area (Å²) in [6.07, 6.45) is 1.02. The van der Waals surface area contributed by atoms with E-state index in [-0.39, 0.29) is 11.9 Å². The van der Waals surface area contributed by atoms with E-state index < -0.39 is 6.10 Å². The summed E-state index contributed by atoms with van der Waals surface area (Å²) in [5.74, 6) is 0.453. The molecule has 32 heavy (non-hydrogen) atoms. The average Bonchev–Trinajstić information content (AvgIpc) is 3.00. The number of rotatable bonds is 7. The van der Waals surface area contributed by atoms with Crippen LogP contribution >= 0.6 is 0 Å². The third-order valence-electron chi connectivity index (χ3n) is 5.80. The summed E-state index contributed by atoms with van der Waals surface area (Å²) in [6.45, 7) is 2.78. The van der Waals surface area contributed by atoms with E-state index in [0.29, 0.717) is 30.9 Å². The second-order valence-corrected chi connectivity index (χ2v) is 8.31. The van der Waals surface area contributed by atoms with Gasteiger partial charge in [-0.05, 0) is 48.7 Å². The van der Waals surface area contributed by atoms with Gasteiger partial charge in [0.05, 0.1) is 12.1 Å². The highest BCUT2D eigenvalue weighted by Gasteiger charge is 2.27. The molecule has 0 aliphatic carbocycles. The van der Waals surface area contributed by atoms with Crippen molar-refractivity contribution in [2.24, 2.45) is 0 Å². The van der Waals surface area contributed by atoms with Gasteiger partial charge in [-0.1, -0.05) is 66.7 Å². The molecule has 4 rings (SSSR count). The molecule has 0 radical (unpaired) electrons. The summed E-state index contributed by atoms with van der Waals surface area (Å²) in [5, 5.41) is 13.7. The zero-order valence-electron chi connectivity index (χ0n) is 18.2. The molecule has 1 saturated heterocycles. The van der Waals surface area contributed by atoms with Gasteiger partial charge in [0.2, 0.25) is 0 Å². The van der Waals surface area contributed by atoms with Crippen molar-refractivity contribution in [2.45, 2.75) is 38.1 Å². The fourth-order valence-corrected chi connectivity index (χ4v) is 4.06. The molecule has 0 saturated carbocycles. The second kappa shape index (κ2) is 10.9.